The topological polar surface area (TPSA) is 64.4 Å². The maximum Gasteiger partial charge on any atom is 0.186 e. The molecule has 0 spiro atoms. The quantitative estimate of drug-likeness (QED) is 0.301. The average molecular weight is 125 g/mol. The number of hydrogen-bond acceptors (Lipinski definition) is 1. The molecule has 0 aromatic carbocycles. The summed E-state index contributed by atoms with van der Waals surface area (Å²) >= 11 is 0. The molecular weight excluding hydrogens is 114 g/mol. The van der Waals surface area contributed by atoms with Gasteiger partial charge in [0.25, 0.3) is 0 Å². The Labute approximate surface area is 55.1 Å². The molecule has 0 aliphatic heterocycles. The van der Waals surface area contributed by atoms with Crippen LogP contribution in [-0.4, -0.2) is 12.0 Å². The standard InChI is InChI=1S/C6H11N3/c1-3-4-5(2)9-6(7)8/h1,5H,4H2,2H3,(H4,7,8,9). The lowest BCUT2D eigenvalue weighted by Gasteiger charge is -1.98. The van der Waals surface area contributed by atoms with Crippen molar-refractivity contribution in [2.24, 2.45) is 16.5 Å². The van der Waals surface area contributed by atoms with Gasteiger partial charge in [0.1, 0.15) is 0 Å². The number of terminal acetylenes is 1. The van der Waals surface area contributed by atoms with Crippen LogP contribution in [0.4, 0.5) is 0 Å². The van der Waals surface area contributed by atoms with Crippen LogP contribution in [0.1, 0.15) is 13.3 Å². The van der Waals surface area contributed by atoms with Crippen LogP contribution in [0.3, 0.4) is 0 Å². The third-order valence-electron chi connectivity index (χ3n) is 0.783. The molecule has 0 saturated carbocycles. The summed E-state index contributed by atoms with van der Waals surface area (Å²) in [6, 6.07) is 0.0417. The molecule has 0 rings (SSSR count). The van der Waals surface area contributed by atoms with Crippen molar-refractivity contribution in [3.8, 4) is 12.3 Å². The van der Waals surface area contributed by atoms with Gasteiger partial charge in [0, 0.05) is 6.42 Å². The number of nitrogens with two attached hydrogens (primary N) is 2. The molecule has 3 heteroatoms. The Balaban J connectivity index is 3.65. The smallest absolute Gasteiger partial charge is 0.186 e. The highest BCUT2D eigenvalue weighted by Gasteiger charge is 1.93. The Morgan fingerprint density at radius 3 is 2.67 bits per heavy atom. The van der Waals surface area contributed by atoms with Gasteiger partial charge in [-0.3, -0.25) is 0 Å². The molecule has 0 amide bonds. The van der Waals surface area contributed by atoms with Crippen molar-refractivity contribution in [3.63, 3.8) is 0 Å². The summed E-state index contributed by atoms with van der Waals surface area (Å²) in [5, 5.41) is 0. The first-order valence-electron chi connectivity index (χ1n) is 2.69. The lowest BCUT2D eigenvalue weighted by Crippen LogP contribution is -2.24. The third-order valence-corrected chi connectivity index (χ3v) is 0.783. The van der Waals surface area contributed by atoms with Crippen molar-refractivity contribution < 1.29 is 0 Å². The van der Waals surface area contributed by atoms with Crippen molar-refractivity contribution in [2.45, 2.75) is 19.4 Å². The summed E-state index contributed by atoms with van der Waals surface area (Å²) in [6.07, 6.45) is 5.59. The van der Waals surface area contributed by atoms with Crippen molar-refractivity contribution in [3.05, 3.63) is 0 Å². The third kappa shape index (κ3) is 4.69. The van der Waals surface area contributed by atoms with Crippen LogP contribution < -0.4 is 11.5 Å². The summed E-state index contributed by atoms with van der Waals surface area (Å²) in [5.74, 6) is 2.55. The predicted molar refractivity (Wildman–Crippen MR) is 38.7 cm³/mol. The van der Waals surface area contributed by atoms with Crippen molar-refractivity contribution in [1.82, 2.24) is 0 Å². The van der Waals surface area contributed by atoms with Crippen LogP contribution in [0.15, 0.2) is 4.99 Å². The van der Waals surface area contributed by atoms with Crippen molar-refractivity contribution in [2.75, 3.05) is 0 Å². The minimum atomic E-state index is 0.0417. The van der Waals surface area contributed by atoms with E-state index in [9.17, 15) is 0 Å². The van der Waals surface area contributed by atoms with Gasteiger partial charge in [-0.25, -0.2) is 4.99 Å². The number of guanidine groups is 1. The molecule has 0 aliphatic rings. The van der Waals surface area contributed by atoms with E-state index in [4.69, 9.17) is 17.9 Å². The molecule has 1 unspecified atom stereocenters. The maximum atomic E-state index is 5.08. The Bertz CT molecular complexity index is 139. The number of aliphatic imine (C=N–C) groups is 1. The first kappa shape index (κ1) is 7.83. The second kappa shape index (κ2) is 3.79. The summed E-state index contributed by atoms with van der Waals surface area (Å²) < 4.78 is 0. The van der Waals surface area contributed by atoms with Gasteiger partial charge in [-0.2, -0.15) is 0 Å². The molecule has 9 heavy (non-hydrogen) atoms. The Hall–Kier alpha value is -1.17. The molecular formula is C6H11N3. The first-order chi connectivity index (χ1) is 4.16. The zero-order valence-electron chi connectivity index (χ0n) is 5.46. The fourth-order valence-corrected chi connectivity index (χ4v) is 0.471. The lowest BCUT2D eigenvalue weighted by molar-refractivity contribution is 0.770. The van der Waals surface area contributed by atoms with E-state index < -0.39 is 0 Å². The second-order valence-electron chi connectivity index (χ2n) is 1.81. The number of rotatable bonds is 2. The van der Waals surface area contributed by atoms with E-state index in [-0.39, 0.29) is 12.0 Å². The maximum absolute atomic E-state index is 5.08. The fraction of sp³-hybridized carbons (Fsp3) is 0.500. The zero-order chi connectivity index (χ0) is 7.28. The summed E-state index contributed by atoms with van der Waals surface area (Å²) in [7, 11) is 0. The van der Waals surface area contributed by atoms with E-state index in [1.54, 1.807) is 0 Å². The van der Waals surface area contributed by atoms with E-state index in [1.807, 2.05) is 6.92 Å². The van der Waals surface area contributed by atoms with Crippen LogP contribution in [-0.2, 0) is 0 Å². The van der Waals surface area contributed by atoms with Crippen LogP contribution in [0.2, 0.25) is 0 Å². The van der Waals surface area contributed by atoms with Crippen LogP contribution in [0, 0.1) is 12.3 Å². The molecule has 0 heterocycles. The fourth-order valence-electron chi connectivity index (χ4n) is 0.471. The van der Waals surface area contributed by atoms with Gasteiger partial charge in [-0.05, 0) is 6.92 Å². The van der Waals surface area contributed by atoms with Gasteiger partial charge in [-0.15, -0.1) is 12.3 Å². The van der Waals surface area contributed by atoms with E-state index in [2.05, 4.69) is 10.9 Å². The van der Waals surface area contributed by atoms with Gasteiger partial charge in [0.05, 0.1) is 6.04 Å². The lowest BCUT2D eigenvalue weighted by atomic mass is 10.3. The average Bonchev–Trinajstić information content (AvgIpc) is 1.63. The van der Waals surface area contributed by atoms with Gasteiger partial charge in [0.15, 0.2) is 5.96 Å². The van der Waals surface area contributed by atoms with Gasteiger partial charge < -0.3 is 11.5 Å². The second-order valence-corrected chi connectivity index (χ2v) is 1.81. The Morgan fingerprint density at radius 2 is 2.33 bits per heavy atom. The molecule has 0 aromatic rings. The Morgan fingerprint density at radius 1 is 1.78 bits per heavy atom. The largest absolute Gasteiger partial charge is 0.370 e. The minimum Gasteiger partial charge on any atom is -0.370 e. The highest BCUT2D eigenvalue weighted by atomic mass is 15.0. The molecule has 1 atom stereocenters. The molecule has 0 bridgehead atoms. The van der Waals surface area contributed by atoms with Crippen molar-refractivity contribution >= 4 is 5.96 Å². The van der Waals surface area contributed by atoms with Gasteiger partial charge in [0.2, 0.25) is 0 Å². The Kier molecular flexibility index (Phi) is 3.29. The van der Waals surface area contributed by atoms with E-state index in [0.717, 1.165) is 0 Å². The molecule has 0 aliphatic carbocycles. The SMILES string of the molecule is C#CCC(C)N=C(N)N. The summed E-state index contributed by atoms with van der Waals surface area (Å²) in [5.41, 5.74) is 10.2. The zero-order valence-corrected chi connectivity index (χ0v) is 5.46. The van der Waals surface area contributed by atoms with Gasteiger partial charge in [-0.1, -0.05) is 0 Å². The summed E-state index contributed by atoms with van der Waals surface area (Å²) in [4.78, 5) is 3.80. The number of hydrogen-bond donors (Lipinski definition) is 2. The molecule has 0 aromatic heterocycles. The summed E-state index contributed by atoms with van der Waals surface area (Å²) in [6.45, 7) is 1.86. The number of nitrogens with zero attached hydrogens (tertiary/aromatic N) is 1. The van der Waals surface area contributed by atoms with E-state index in [0.29, 0.717) is 6.42 Å². The monoisotopic (exact) mass is 125 g/mol. The van der Waals surface area contributed by atoms with Crippen LogP contribution in [0.25, 0.3) is 0 Å². The molecule has 0 fully saturated rings. The van der Waals surface area contributed by atoms with E-state index in [1.165, 1.54) is 0 Å². The predicted octanol–water partition coefficient (Wildman–Crippen LogP) is -0.328. The van der Waals surface area contributed by atoms with Crippen LogP contribution >= 0.6 is 0 Å². The normalized spacial score (nSPS) is 11.6. The first-order valence-corrected chi connectivity index (χ1v) is 2.69. The molecule has 0 radical (unpaired) electrons. The van der Waals surface area contributed by atoms with E-state index >= 15 is 0 Å². The molecule has 3 nitrogen and oxygen atoms in total. The molecule has 0 saturated heterocycles. The van der Waals surface area contributed by atoms with Crippen LogP contribution in [0.5, 0.6) is 0 Å². The highest BCUT2D eigenvalue weighted by molar-refractivity contribution is 5.75. The molecule has 4 N–H and O–H groups in total. The van der Waals surface area contributed by atoms with Gasteiger partial charge >= 0.3 is 0 Å². The highest BCUT2D eigenvalue weighted by Crippen LogP contribution is 1.92. The minimum absolute atomic E-state index is 0.0417. The molecule has 50 valence electrons. The van der Waals surface area contributed by atoms with Crippen molar-refractivity contribution in [1.29, 1.82) is 0 Å².